The smallest absolute Gasteiger partial charge is 0.0708 e. The number of nitrogens with zero attached hydrogens (tertiary/aromatic N) is 1. The van der Waals surface area contributed by atoms with E-state index in [1.54, 1.807) is 11.1 Å². The molecule has 2 atom stereocenters. The lowest BCUT2D eigenvalue weighted by Gasteiger charge is -2.16. The van der Waals surface area contributed by atoms with Gasteiger partial charge in [-0.25, -0.2) is 0 Å². The average Bonchev–Trinajstić information content (AvgIpc) is 3.15. The Morgan fingerprint density at radius 2 is 1.52 bits per heavy atom. The molecule has 0 spiro atoms. The van der Waals surface area contributed by atoms with Crippen molar-refractivity contribution in [1.82, 2.24) is 4.98 Å². The molecular formula is C20H17N. The zero-order valence-electron chi connectivity index (χ0n) is 11.9. The highest BCUT2D eigenvalue weighted by Crippen LogP contribution is 2.53. The Hall–Kier alpha value is -2.15. The number of hydrogen-bond acceptors (Lipinski definition) is 1. The first kappa shape index (κ1) is 11.5. The minimum atomic E-state index is 0.822. The molecule has 1 fully saturated rings. The molecule has 2 aliphatic carbocycles. The monoisotopic (exact) mass is 271 g/mol. The Morgan fingerprint density at radius 3 is 2.29 bits per heavy atom. The first-order valence-corrected chi connectivity index (χ1v) is 7.87. The predicted octanol–water partition coefficient (Wildman–Crippen LogP) is 5.27. The molecule has 2 aromatic carbocycles. The summed E-state index contributed by atoms with van der Waals surface area (Å²) in [6.45, 7) is 0. The molecule has 0 amide bonds. The Balaban J connectivity index is 1.70. The molecule has 0 N–H and O–H groups in total. The highest BCUT2D eigenvalue weighted by Gasteiger charge is 2.36. The van der Waals surface area contributed by atoms with Crippen LogP contribution in [0.3, 0.4) is 0 Å². The maximum Gasteiger partial charge on any atom is 0.0708 e. The first-order chi connectivity index (χ1) is 10.4. The van der Waals surface area contributed by atoms with Gasteiger partial charge in [0.15, 0.2) is 0 Å². The van der Waals surface area contributed by atoms with Gasteiger partial charge in [0.05, 0.1) is 5.69 Å². The van der Waals surface area contributed by atoms with Crippen molar-refractivity contribution >= 4 is 10.8 Å². The number of rotatable bonds is 1. The Labute approximate surface area is 124 Å². The van der Waals surface area contributed by atoms with E-state index >= 15 is 0 Å². The van der Waals surface area contributed by atoms with Crippen molar-refractivity contribution in [2.45, 2.75) is 31.1 Å². The van der Waals surface area contributed by atoms with Gasteiger partial charge in [-0.15, -0.1) is 0 Å². The van der Waals surface area contributed by atoms with Crippen LogP contribution >= 0.6 is 0 Å². The van der Waals surface area contributed by atoms with E-state index in [0.29, 0.717) is 0 Å². The van der Waals surface area contributed by atoms with E-state index in [0.717, 1.165) is 17.5 Å². The molecular weight excluding hydrogens is 254 g/mol. The highest BCUT2D eigenvalue weighted by atomic mass is 14.7. The number of benzene rings is 2. The standard InChI is InChI=1S/C20H17N/c1-2-4-13(5-3-1)20-11-16-9-18-14-6-7-15(8-14)19(18)10-17(16)12-21-20/h1-5,9-12,14-15H,6-8H2. The van der Waals surface area contributed by atoms with Crippen molar-refractivity contribution in [2.75, 3.05) is 0 Å². The Bertz CT molecular complexity index is 835. The molecule has 5 rings (SSSR count). The molecule has 0 saturated heterocycles. The molecule has 2 bridgehead atoms. The number of aromatic nitrogens is 1. The van der Waals surface area contributed by atoms with Gasteiger partial charge in [-0.2, -0.15) is 0 Å². The fraction of sp³-hybridized carbons (Fsp3) is 0.250. The van der Waals surface area contributed by atoms with Crippen molar-refractivity contribution in [3.63, 3.8) is 0 Å². The second-order valence-electron chi connectivity index (χ2n) is 6.47. The van der Waals surface area contributed by atoms with Crippen molar-refractivity contribution in [2.24, 2.45) is 0 Å². The van der Waals surface area contributed by atoms with Crippen LogP contribution < -0.4 is 0 Å². The van der Waals surface area contributed by atoms with Crippen molar-refractivity contribution < 1.29 is 0 Å². The van der Waals surface area contributed by atoms with Gasteiger partial charge in [0.2, 0.25) is 0 Å². The summed E-state index contributed by atoms with van der Waals surface area (Å²) in [5.74, 6) is 1.64. The maximum absolute atomic E-state index is 4.66. The van der Waals surface area contributed by atoms with Gasteiger partial charge in [-0.3, -0.25) is 4.98 Å². The number of pyridine rings is 1. The first-order valence-electron chi connectivity index (χ1n) is 7.87. The fourth-order valence-electron chi connectivity index (χ4n) is 4.25. The Morgan fingerprint density at radius 1 is 0.810 bits per heavy atom. The molecule has 1 saturated carbocycles. The topological polar surface area (TPSA) is 12.9 Å². The summed E-state index contributed by atoms with van der Waals surface area (Å²) in [7, 11) is 0. The SMILES string of the molecule is c1ccc(-c2cc3cc4c(cc3cn2)C2CCC4C2)cc1. The third-order valence-electron chi connectivity index (χ3n) is 5.31. The van der Waals surface area contributed by atoms with Gasteiger partial charge >= 0.3 is 0 Å². The van der Waals surface area contributed by atoms with E-state index < -0.39 is 0 Å². The molecule has 2 aliphatic rings. The van der Waals surface area contributed by atoms with Crippen LogP contribution in [-0.2, 0) is 0 Å². The van der Waals surface area contributed by atoms with Gasteiger partial charge in [-0.05, 0) is 59.7 Å². The van der Waals surface area contributed by atoms with Gasteiger partial charge in [0.25, 0.3) is 0 Å². The molecule has 1 aromatic heterocycles. The largest absolute Gasteiger partial charge is 0.256 e. The predicted molar refractivity (Wildman–Crippen MR) is 86.5 cm³/mol. The molecule has 0 aliphatic heterocycles. The van der Waals surface area contributed by atoms with Crippen LogP contribution in [0, 0.1) is 0 Å². The third-order valence-corrected chi connectivity index (χ3v) is 5.31. The molecule has 1 nitrogen and oxygen atoms in total. The molecule has 21 heavy (non-hydrogen) atoms. The zero-order chi connectivity index (χ0) is 13.8. The zero-order valence-corrected chi connectivity index (χ0v) is 11.9. The lowest BCUT2D eigenvalue weighted by atomic mass is 9.89. The van der Waals surface area contributed by atoms with Crippen LogP contribution in [0.5, 0.6) is 0 Å². The van der Waals surface area contributed by atoms with Gasteiger partial charge in [0, 0.05) is 17.1 Å². The molecule has 102 valence electrons. The van der Waals surface area contributed by atoms with Crippen molar-refractivity contribution in [1.29, 1.82) is 0 Å². The average molecular weight is 271 g/mol. The highest BCUT2D eigenvalue weighted by molar-refractivity contribution is 5.87. The minimum Gasteiger partial charge on any atom is -0.256 e. The molecule has 3 aromatic rings. The van der Waals surface area contributed by atoms with Crippen LogP contribution in [0.4, 0.5) is 0 Å². The molecule has 0 radical (unpaired) electrons. The summed E-state index contributed by atoms with van der Waals surface area (Å²) in [5, 5.41) is 2.64. The van der Waals surface area contributed by atoms with E-state index in [1.807, 2.05) is 12.3 Å². The molecule has 1 heteroatoms. The Kier molecular flexibility index (Phi) is 2.29. The maximum atomic E-state index is 4.66. The molecule has 1 heterocycles. The normalized spacial score (nSPS) is 22.7. The van der Waals surface area contributed by atoms with E-state index in [9.17, 15) is 0 Å². The second kappa shape index (κ2) is 4.17. The summed E-state index contributed by atoms with van der Waals surface area (Å²) in [5.41, 5.74) is 5.49. The van der Waals surface area contributed by atoms with Crippen LogP contribution in [0.15, 0.2) is 54.7 Å². The van der Waals surface area contributed by atoms with E-state index in [-0.39, 0.29) is 0 Å². The summed E-state index contributed by atoms with van der Waals surface area (Å²) >= 11 is 0. The van der Waals surface area contributed by atoms with Crippen molar-refractivity contribution in [3.8, 4) is 11.3 Å². The minimum absolute atomic E-state index is 0.822. The van der Waals surface area contributed by atoms with E-state index in [2.05, 4.69) is 47.4 Å². The van der Waals surface area contributed by atoms with Crippen LogP contribution in [0.2, 0.25) is 0 Å². The van der Waals surface area contributed by atoms with Gasteiger partial charge < -0.3 is 0 Å². The summed E-state index contributed by atoms with van der Waals surface area (Å²) < 4.78 is 0. The third kappa shape index (κ3) is 1.67. The van der Waals surface area contributed by atoms with E-state index in [4.69, 9.17) is 0 Å². The number of hydrogen-bond donors (Lipinski definition) is 0. The van der Waals surface area contributed by atoms with Gasteiger partial charge in [0.1, 0.15) is 0 Å². The van der Waals surface area contributed by atoms with Crippen molar-refractivity contribution in [3.05, 3.63) is 65.9 Å². The van der Waals surface area contributed by atoms with Crippen LogP contribution in [-0.4, -0.2) is 4.98 Å². The van der Waals surface area contributed by atoms with E-state index in [1.165, 1.54) is 35.6 Å². The fourth-order valence-corrected chi connectivity index (χ4v) is 4.25. The van der Waals surface area contributed by atoms with Crippen LogP contribution in [0.1, 0.15) is 42.2 Å². The summed E-state index contributed by atoms with van der Waals surface area (Å²) in [4.78, 5) is 4.66. The summed E-state index contributed by atoms with van der Waals surface area (Å²) in [6.07, 6.45) is 6.20. The number of fused-ring (bicyclic) bond motifs is 6. The second-order valence-corrected chi connectivity index (χ2v) is 6.47. The quantitative estimate of drug-likeness (QED) is 0.587. The lowest BCUT2D eigenvalue weighted by molar-refractivity contribution is 0.719. The van der Waals surface area contributed by atoms with Crippen LogP contribution in [0.25, 0.3) is 22.0 Å². The molecule has 2 unspecified atom stereocenters. The van der Waals surface area contributed by atoms with Gasteiger partial charge in [-0.1, -0.05) is 36.4 Å². The lowest BCUT2D eigenvalue weighted by Crippen LogP contribution is -1.98. The summed E-state index contributed by atoms with van der Waals surface area (Å²) in [6, 6.07) is 17.5.